The molecule has 1 N–H and O–H groups in total. The SMILES string of the molecule is CC(C)(C)OC(=O)N1C[C@H](CN(C(=O)N2CCC(N3CCCCC3)CC2)[C@@H](c2nc(-c3ccccc3)cn2Cc2ccccc2)C(C)(C)C)[C@@H](O)C1. The van der Waals surface area contributed by atoms with Gasteiger partial charge in [-0.25, -0.2) is 14.6 Å². The van der Waals surface area contributed by atoms with E-state index in [4.69, 9.17) is 9.72 Å². The average Bonchev–Trinajstić information content (AvgIpc) is 3.70. The van der Waals surface area contributed by atoms with Gasteiger partial charge in [0.25, 0.3) is 0 Å². The van der Waals surface area contributed by atoms with Gasteiger partial charge in [-0.15, -0.1) is 0 Å². The lowest BCUT2D eigenvalue weighted by molar-refractivity contribution is 0.0269. The van der Waals surface area contributed by atoms with Gasteiger partial charge in [-0.3, -0.25) is 0 Å². The van der Waals surface area contributed by atoms with Crippen molar-refractivity contribution in [1.29, 1.82) is 0 Å². The lowest BCUT2D eigenvalue weighted by Gasteiger charge is -2.45. The van der Waals surface area contributed by atoms with Crippen molar-refractivity contribution in [2.24, 2.45) is 11.3 Å². The quantitative estimate of drug-likeness (QED) is 0.264. The molecular weight excluding hydrogens is 653 g/mol. The van der Waals surface area contributed by atoms with Gasteiger partial charge in [-0.05, 0) is 70.5 Å². The van der Waals surface area contributed by atoms with Crippen LogP contribution in [0.5, 0.6) is 0 Å². The van der Waals surface area contributed by atoms with Gasteiger partial charge < -0.3 is 34.0 Å². The highest BCUT2D eigenvalue weighted by molar-refractivity contribution is 5.75. The summed E-state index contributed by atoms with van der Waals surface area (Å²) in [5.41, 5.74) is 1.94. The molecule has 6 rings (SSSR count). The molecule has 0 saturated carbocycles. The number of rotatable bonds is 8. The number of likely N-dealkylation sites (tertiary alicyclic amines) is 3. The summed E-state index contributed by atoms with van der Waals surface area (Å²) in [6.07, 6.45) is 6.61. The van der Waals surface area contributed by atoms with E-state index in [2.05, 4.69) is 60.7 Å². The number of β-amino-alcohol motifs (C(OH)–C–C–N with tert-alkyl or cyclic N) is 1. The number of piperidine rings is 2. The largest absolute Gasteiger partial charge is 0.444 e. The molecule has 10 heteroatoms. The van der Waals surface area contributed by atoms with Crippen molar-refractivity contribution in [3.63, 3.8) is 0 Å². The number of aromatic nitrogens is 2. The summed E-state index contributed by atoms with van der Waals surface area (Å²) in [6, 6.07) is 20.6. The van der Waals surface area contributed by atoms with Gasteiger partial charge in [-0.1, -0.05) is 87.9 Å². The van der Waals surface area contributed by atoms with Gasteiger partial charge in [0.05, 0.1) is 24.4 Å². The van der Waals surface area contributed by atoms with Crippen LogP contribution in [0.1, 0.15) is 91.1 Å². The van der Waals surface area contributed by atoms with Crippen molar-refractivity contribution < 1.29 is 19.4 Å². The number of hydrogen-bond acceptors (Lipinski definition) is 6. The first-order chi connectivity index (χ1) is 24.8. The molecule has 3 aliphatic rings. The van der Waals surface area contributed by atoms with Gasteiger partial charge in [0.1, 0.15) is 11.4 Å². The molecular formula is C42H60N6O4. The Balaban J connectivity index is 1.36. The number of aliphatic hydroxyl groups is 1. The number of carbonyl (C=O) groups excluding carboxylic acids is 2. The predicted molar refractivity (Wildman–Crippen MR) is 205 cm³/mol. The van der Waals surface area contributed by atoms with Gasteiger partial charge in [-0.2, -0.15) is 0 Å². The van der Waals surface area contributed by atoms with E-state index in [1.54, 1.807) is 4.90 Å². The zero-order chi connectivity index (χ0) is 37.0. The van der Waals surface area contributed by atoms with Crippen LogP contribution in [-0.4, -0.2) is 110 Å². The molecule has 3 fully saturated rings. The van der Waals surface area contributed by atoms with E-state index in [-0.39, 0.29) is 25.0 Å². The number of imidazole rings is 1. The second kappa shape index (κ2) is 16.0. The van der Waals surface area contributed by atoms with Crippen molar-refractivity contribution >= 4 is 12.1 Å². The normalized spacial score (nSPS) is 21.3. The van der Waals surface area contributed by atoms with Crippen molar-refractivity contribution in [2.75, 3.05) is 45.8 Å². The first kappa shape index (κ1) is 37.9. The minimum Gasteiger partial charge on any atom is -0.444 e. The summed E-state index contributed by atoms with van der Waals surface area (Å²) in [5.74, 6) is 0.460. The molecule has 10 nitrogen and oxygen atoms in total. The van der Waals surface area contributed by atoms with Crippen molar-refractivity contribution in [1.82, 2.24) is 29.2 Å². The van der Waals surface area contributed by atoms with Crippen LogP contribution < -0.4 is 0 Å². The molecule has 0 spiro atoms. The Morgan fingerprint density at radius 1 is 0.865 bits per heavy atom. The second-order valence-corrected chi connectivity index (χ2v) is 17.2. The van der Waals surface area contributed by atoms with E-state index in [9.17, 15) is 9.90 Å². The number of ether oxygens (including phenoxy) is 1. The van der Waals surface area contributed by atoms with Crippen LogP contribution in [0.2, 0.25) is 0 Å². The number of nitrogens with zero attached hydrogens (tertiary/aromatic N) is 6. The van der Waals surface area contributed by atoms with Crippen molar-refractivity contribution in [3.8, 4) is 11.3 Å². The standard InChI is InChI=1S/C42H60N6O4/c1-41(2,3)37(38-43-35(32-18-12-8-13-19-32)29-46(38)26-31-16-10-7-11-17-31)48(28-33-27-47(30-36(33)49)40(51)52-42(4,5)6)39(50)45-24-20-34(21-25-45)44-22-14-9-15-23-44/h7-8,10-13,16-19,29,33-34,36-37,49H,9,14-15,20-28,30H2,1-6H3/t33-,36+,37+/m1/s1. The molecule has 0 unspecified atom stereocenters. The van der Waals surface area contributed by atoms with E-state index in [0.717, 1.165) is 48.6 Å². The Morgan fingerprint density at radius 2 is 1.50 bits per heavy atom. The first-order valence-electron chi connectivity index (χ1n) is 19.4. The molecule has 3 aliphatic heterocycles. The first-order valence-corrected chi connectivity index (χ1v) is 19.4. The third kappa shape index (κ3) is 9.18. The maximum atomic E-state index is 15.1. The Hall–Kier alpha value is -3.89. The maximum absolute atomic E-state index is 15.1. The molecule has 0 aliphatic carbocycles. The summed E-state index contributed by atoms with van der Waals surface area (Å²) < 4.78 is 7.89. The van der Waals surface area contributed by atoms with Gasteiger partial charge in [0.15, 0.2) is 0 Å². The Kier molecular flexibility index (Phi) is 11.7. The highest BCUT2D eigenvalue weighted by Crippen LogP contribution is 2.41. The number of hydrogen-bond donors (Lipinski definition) is 1. The molecule has 3 atom stereocenters. The van der Waals surface area contributed by atoms with Crippen LogP contribution in [0, 0.1) is 11.3 Å². The number of urea groups is 1. The van der Waals surface area contributed by atoms with Crippen molar-refractivity contribution in [3.05, 3.63) is 78.2 Å². The highest BCUT2D eigenvalue weighted by Gasteiger charge is 2.45. The lowest BCUT2D eigenvalue weighted by atomic mass is 9.84. The summed E-state index contributed by atoms with van der Waals surface area (Å²) in [7, 11) is 0. The molecule has 3 aromatic rings. The molecule has 2 aromatic carbocycles. The summed E-state index contributed by atoms with van der Waals surface area (Å²) in [6.45, 7) is 17.1. The fourth-order valence-corrected chi connectivity index (χ4v) is 8.24. The van der Waals surface area contributed by atoms with E-state index in [0.29, 0.717) is 32.2 Å². The van der Waals surface area contributed by atoms with E-state index in [1.165, 1.54) is 19.3 Å². The molecule has 3 amide bonds. The molecule has 4 heterocycles. The number of aliphatic hydroxyl groups excluding tert-OH is 1. The van der Waals surface area contributed by atoms with E-state index in [1.807, 2.05) is 67.0 Å². The van der Waals surface area contributed by atoms with Crippen LogP contribution in [0.25, 0.3) is 11.3 Å². The Bertz CT molecular complexity index is 1620. The van der Waals surface area contributed by atoms with Gasteiger partial charge in [0, 0.05) is 56.4 Å². The van der Waals surface area contributed by atoms with Crippen LogP contribution >= 0.6 is 0 Å². The van der Waals surface area contributed by atoms with Gasteiger partial charge in [0.2, 0.25) is 0 Å². The minimum absolute atomic E-state index is 0.0320. The maximum Gasteiger partial charge on any atom is 0.410 e. The second-order valence-electron chi connectivity index (χ2n) is 17.2. The number of amides is 3. The van der Waals surface area contributed by atoms with Crippen LogP contribution in [0.15, 0.2) is 66.9 Å². The molecule has 0 bridgehead atoms. The van der Waals surface area contributed by atoms with E-state index >= 15 is 4.79 Å². The fraction of sp³-hybridized carbons (Fsp3) is 0.595. The topological polar surface area (TPSA) is 94.4 Å². The van der Waals surface area contributed by atoms with Crippen molar-refractivity contribution in [2.45, 2.75) is 104 Å². The Morgan fingerprint density at radius 3 is 2.12 bits per heavy atom. The van der Waals surface area contributed by atoms with Gasteiger partial charge >= 0.3 is 12.1 Å². The average molecular weight is 713 g/mol. The predicted octanol–water partition coefficient (Wildman–Crippen LogP) is 7.29. The third-order valence-corrected chi connectivity index (χ3v) is 10.8. The summed E-state index contributed by atoms with van der Waals surface area (Å²) in [4.78, 5) is 41.8. The summed E-state index contributed by atoms with van der Waals surface area (Å²) in [5, 5.41) is 11.5. The smallest absolute Gasteiger partial charge is 0.410 e. The zero-order valence-electron chi connectivity index (χ0n) is 32.2. The fourth-order valence-electron chi connectivity index (χ4n) is 8.24. The van der Waals surface area contributed by atoms with Crippen LogP contribution in [0.4, 0.5) is 9.59 Å². The third-order valence-electron chi connectivity index (χ3n) is 10.8. The number of benzene rings is 2. The molecule has 1 aromatic heterocycles. The molecule has 282 valence electrons. The monoisotopic (exact) mass is 712 g/mol. The zero-order valence-corrected chi connectivity index (χ0v) is 32.2. The minimum atomic E-state index is -0.794. The molecule has 0 radical (unpaired) electrons. The lowest BCUT2D eigenvalue weighted by Crippen LogP contribution is -2.55. The summed E-state index contributed by atoms with van der Waals surface area (Å²) >= 11 is 0. The van der Waals surface area contributed by atoms with Crippen LogP contribution in [0.3, 0.4) is 0 Å². The highest BCUT2D eigenvalue weighted by atomic mass is 16.6. The van der Waals surface area contributed by atoms with Crippen LogP contribution in [-0.2, 0) is 11.3 Å². The number of carbonyl (C=O) groups is 2. The Labute approximate surface area is 310 Å². The van der Waals surface area contributed by atoms with E-state index < -0.39 is 29.3 Å². The molecule has 52 heavy (non-hydrogen) atoms. The molecule has 3 saturated heterocycles.